The molecule has 0 aromatic heterocycles. The molecule has 0 saturated carbocycles. The lowest BCUT2D eigenvalue weighted by Crippen LogP contribution is -2.05. The van der Waals surface area contributed by atoms with E-state index in [0.717, 1.165) is 0 Å². The number of hydrogen-bond acceptors (Lipinski definition) is 6. The summed E-state index contributed by atoms with van der Waals surface area (Å²) in [5, 5.41) is 0. The van der Waals surface area contributed by atoms with Gasteiger partial charge in [0.1, 0.15) is 6.61 Å². The molecule has 6 nitrogen and oxygen atoms in total. The van der Waals surface area contributed by atoms with E-state index in [1.54, 1.807) is 45.6 Å². The molecule has 6 heteroatoms. The highest BCUT2D eigenvalue weighted by Crippen LogP contribution is 1.69. The van der Waals surface area contributed by atoms with Crippen LogP contribution < -0.4 is 5.48 Å². The van der Waals surface area contributed by atoms with Gasteiger partial charge >= 0.3 is 0 Å². The van der Waals surface area contributed by atoms with Crippen LogP contribution in [0.15, 0.2) is 50.6 Å². The van der Waals surface area contributed by atoms with Crippen LogP contribution in [-0.2, 0) is 24.1 Å². The molecule has 0 atom stereocenters. The minimum atomic E-state index is 0.455. The van der Waals surface area contributed by atoms with E-state index < -0.39 is 0 Å². The number of rotatable bonds is 10. The molecule has 0 rings (SSSR count). The van der Waals surface area contributed by atoms with Gasteiger partial charge in [-0.1, -0.05) is 24.3 Å². The fraction of sp³-hybridized carbons (Fsp3) is 0.500. The van der Waals surface area contributed by atoms with Crippen LogP contribution in [0.5, 0.6) is 0 Å². The van der Waals surface area contributed by atoms with E-state index in [1.807, 2.05) is 0 Å². The molecule has 0 heterocycles. The van der Waals surface area contributed by atoms with Crippen LogP contribution in [0, 0.1) is 0 Å². The van der Waals surface area contributed by atoms with Crippen LogP contribution in [0.1, 0.15) is 0 Å². The summed E-state index contributed by atoms with van der Waals surface area (Å²) in [5.41, 5.74) is 2.50. The minimum absolute atomic E-state index is 0.455. The quantitative estimate of drug-likeness (QED) is 0.289. The maximum absolute atomic E-state index is 4.61. The topological polar surface area (TPSA) is 58.2 Å². The lowest BCUT2D eigenvalue weighted by molar-refractivity contribution is -0.263. The Bertz CT molecular complexity index is 189. The normalized spacial score (nSPS) is 7.82. The van der Waals surface area contributed by atoms with Gasteiger partial charge in [0.25, 0.3) is 0 Å². The van der Waals surface area contributed by atoms with Gasteiger partial charge in [0.15, 0.2) is 0 Å². The van der Waals surface area contributed by atoms with Crippen molar-refractivity contribution in [2.45, 2.75) is 0 Å². The fourth-order valence-electron chi connectivity index (χ4n) is 0.494. The van der Waals surface area contributed by atoms with Crippen molar-refractivity contribution >= 4 is 0 Å². The van der Waals surface area contributed by atoms with E-state index in [0.29, 0.717) is 26.4 Å². The van der Waals surface area contributed by atoms with Crippen molar-refractivity contribution in [1.82, 2.24) is 5.48 Å². The van der Waals surface area contributed by atoms with Crippen molar-refractivity contribution in [3.05, 3.63) is 50.6 Å². The van der Waals surface area contributed by atoms with E-state index in [4.69, 9.17) is 0 Å². The Morgan fingerprint density at radius 2 is 1.14 bits per heavy atom. The van der Waals surface area contributed by atoms with Gasteiger partial charge in [-0.15, -0.1) is 26.3 Å². The second kappa shape index (κ2) is 42.7. The van der Waals surface area contributed by atoms with Gasteiger partial charge in [-0.2, -0.15) is 0 Å². The molecule has 132 valence electrons. The van der Waals surface area contributed by atoms with Crippen molar-refractivity contribution in [2.24, 2.45) is 0 Å². The summed E-state index contributed by atoms with van der Waals surface area (Å²) in [4.78, 5) is 13.2. The van der Waals surface area contributed by atoms with Crippen molar-refractivity contribution in [3.63, 3.8) is 0 Å². The molecular formula is C16H33NO5. The molecule has 0 spiro atoms. The summed E-state index contributed by atoms with van der Waals surface area (Å²) in [6.07, 6.45) is 6.71. The molecule has 0 aromatic rings. The first kappa shape index (κ1) is 28.8. The Kier molecular flexibility index (Phi) is 56.0. The summed E-state index contributed by atoms with van der Waals surface area (Å²) in [6.45, 7) is 16.0. The number of hydroxylamine groups is 1. The van der Waals surface area contributed by atoms with E-state index in [1.165, 1.54) is 7.11 Å². The Hall–Kier alpha value is -1.28. The molecule has 0 aliphatic carbocycles. The van der Waals surface area contributed by atoms with Gasteiger partial charge in [-0.3, -0.25) is 4.84 Å². The van der Waals surface area contributed by atoms with E-state index in [2.05, 4.69) is 55.9 Å². The van der Waals surface area contributed by atoms with Crippen molar-refractivity contribution in [2.75, 3.05) is 54.8 Å². The lowest BCUT2D eigenvalue weighted by atomic mass is 10.7. The molecule has 0 radical (unpaired) electrons. The third kappa shape index (κ3) is 77.3. The fourth-order valence-corrected chi connectivity index (χ4v) is 0.494. The van der Waals surface area contributed by atoms with Crippen molar-refractivity contribution in [3.8, 4) is 0 Å². The van der Waals surface area contributed by atoms with Crippen molar-refractivity contribution in [1.29, 1.82) is 0 Å². The van der Waals surface area contributed by atoms with Crippen LogP contribution in [0.3, 0.4) is 0 Å². The molecule has 0 aromatic carbocycles. The van der Waals surface area contributed by atoms with E-state index in [-0.39, 0.29) is 0 Å². The molecule has 0 aliphatic heterocycles. The number of methoxy groups -OCH3 is 2. The van der Waals surface area contributed by atoms with Crippen LogP contribution in [0.2, 0.25) is 0 Å². The van der Waals surface area contributed by atoms with Gasteiger partial charge < -0.3 is 9.47 Å². The lowest BCUT2D eigenvalue weighted by Gasteiger charge is -1.90. The molecule has 0 unspecified atom stereocenters. The zero-order valence-corrected chi connectivity index (χ0v) is 14.5. The zero-order chi connectivity index (χ0) is 17.9. The third-order valence-corrected chi connectivity index (χ3v) is 1.22. The average Bonchev–Trinajstić information content (AvgIpc) is 2.54. The SMILES string of the molecule is C=CCOC.C=CCOC.C=CCONC.C=CCOOC. The van der Waals surface area contributed by atoms with E-state index in [9.17, 15) is 0 Å². The summed E-state index contributed by atoms with van der Waals surface area (Å²) >= 11 is 0. The summed E-state index contributed by atoms with van der Waals surface area (Å²) < 4.78 is 9.15. The molecule has 0 saturated heterocycles. The minimum Gasteiger partial charge on any atom is -0.381 e. The maximum atomic E-state index is 4.61. The van der Waals surface area contributed by atoms with E-state index >= 15 is 0 Å². The molecule has 0 fully saturated rings. The number of hydrogen-bond donors (Lipinski definition) is 1. The average molecular weight is 319 g/mol. The van der Waals surface area contributed by atoms with Crippen LogP contribution in [-0.4, -0.2) is 54.8 Å². The highest BCUT2D eigenvalue weighted by Gasteiger charge is 1.68. The molecule has 22 heavy (non-hydrogen) atoms. The van der Waals surface area contributed by atoms with Gasteiger partial charge in [0, 0.05) is 21.3 Å². The highest BCUT2D eigenvalue weighted by molar-refractivity contribution is 4.63. The molecule has 1 N–H and O–H groups in total. The molecule has 0 aliphatic rings. The van der Waals surface area contributed by atoms with Gasteiger partial charge in [0.2, 0.25) is 0 Å². The Labute approximate surface area is 135 Å². The predicted octanol–water partition coefficient (Wildman–Crippen LogP) is 2.71. The predicted molar refractivity (Wildman–Crippen MR) is 92.5 cm³/mol. The standard InChI is InChI=1S/C4H9NO.C4H8O2.2C4H8O/c2*1-3-4-6-5-2;2*1-3-4-5-2/h3,5H,1,4H2,2H3;3H,1,4H2,2H3;2*3H,1,4H2,2H3. The third-order valence-electron chi connectivity index (χ3n) is 1.22. The van der Waals surface area contributed by atoms with Crippen LogP contribution in [0.4, 0.5) is 0 Å². The first-order valence-electron chi connectivity index (χ1n) is 6.52. The van der Waals surface area contributed by atoms with Gasteiger partial charge in [0.05, 0.1) is 26.9 Å². The van der Waals surface area contributed by atoms with Crippen LogP contribution in [0.25, 0.3) is 0 Å². The first-order chi connectivity index (χ1) is 10.7. The summed E-state index contributed by atoms with van der Waals surface area (Å²) in [6, 6.07) is 0. The maximum Gasteiger partial charge on any atom is 0.100 e. The Morgan fingerprint density at radius 3 is 1.23 bits per heavy atom. The highest BCUT2D eigenvalue weighted by atomic mass is 17.2. The monoisotopic (exact) mass is 319 g/mol. The molecule has 0 amide bonds. The van der Waals surface area contributed by atoms with Crippen LogP contribution >= 0.6 is 0 Å². The Morgan fingerprint density at radius 1 is 0.727 bits per heavy atom. The Balaban J connectivity index is -0.0000000986. The largest absolute Gasteiger partial charge is 0.381 e. The number of ether oxygens (including phenoxy) is 2. The second-order valence-electron chi connectivity index (χ2n) is 3.03. The molecular weight excluding hydrogens is 286 g/mol. The second-order valence-corrected chi connectivity index (χ2v) is 3.03. The smallest absolute Gasteiger partial charge is 0.100 e. The van der Waals surface area contributed by atoms with Gasteiger partial charge in [-0.05, 0) is 0 Å². The zero-order valence-electron chi connectivity index (χ0n) is 14.5. The van der Waals surface area contributed by atoms with Crippen molar-refractivity contribution < 1.29 is 24.1 Å². The summed E-state index contributed by atoms with van der Waals surface area (Å²) in [5.74, 6) is 0. The number of nitrogens with one attached hydrogen (secondary N) is 1. The molecule has 0 bridgehead atoms. The first-order valence-corrected chi connectivity index (χ1v) is 6.52. The summed E-state index contributed by atoms with van der Waals surface area (Å²) in [7, 11) is 6.45. The van der Waals surface area contributed by atoms with Gasteiger partial charge in [-0.25, -0.2) is 15.3 Å².